The molecule has 0 N–H and O–H groups in total. The number of rotatable bonds is 11. The van der Waals surface area contributed by atoms with Crippen LogP contribution in [0.3, 0.4) is 0 Å². The molecule has 0 saturated carbocycles. The Morgan fingerprint density at radius 3 is 0.808 bits per heavy atom. The minimum atomic E-state index is -1.84. The largest absolute Gasteiger partial charge is 0.384 e. The topological polar surface area (TPSA) is 29.5 Å². The van der Waals surface area contributed by atoms with E-state index in [9.17, 15) is 4.57 Å². The Balaban J connectivity index is -0.0000000364. The normalized spacial score (nSPS) is 10.8. The summed E-state index contributed by atoms with van der Waals surface area (Å²) in [7, 11) is 1.18. The molecule has 0 radical (unpaired) electrons. The minimum absolute atomic E-state index is 0. The third-order valence-corrected chi connectivity index (χ3v) is 21.0. The zero-order chi connectivity index (χ0) is 39.0. The summed E-state index contributed by atoms with van der Waals surface area (Å²) in [5.41, 5.74) is 3.05. The Morgan fingerprint density at radius 2 is 0.808 bits per heavy atom. The molecule has 0 atom stereocenters. The fourth-order valence-corrected chi connectivity index (χ4v) is 5.39. The molecule has 0 aliphatic carbocycles. The van der Waals surface area contributed by atoms with E-state index in [1.54, 1.807) is 7.11 Å². The Bertz CT molecular complexity index is 615. The van der Waals surface area contributed by atoms with Crippen LogP contribution >= 0.6 is 7.14 Å². The van der Waals surface area contributed by atoms with Gasteiger partial charge in [0.15, 0.2) is 0 Å². The number of hydrogen-bond donors (Lipinski definition) is 0. The van der Waals surface area contributed by atoms with E-state index in [-0.39, 0.29) is 44.6 Å². The number of methoxy groups -OCH3 is 1. The maximum atomic E-state index is 11.6. The number of hydrogen-bond acceptors (Lipinski definition) is 3. The predicted octanol–water partition coefficient (Wildman–Crippen LogP) is 18.5. The highest BCUT2D eigenvalue weighted by Crippen LogP contribution is 2.50. The van der Waals surface area contributed by atoms with Crippen LogP contribution in [0, 0.1) is 29.1 Å². The van der Waals surface area contributed by atoms with Crippen molar-refractivity contribution in [2.75, 3.05) is 27.4 Å². The van der Waals surface area contributed by atoms with E-state index >= 15 is 0 Å². The van der Waals surface area contributed by atoms with Gasteiger partial charge in [-0.05, 0) is 70.5 Å². The highest BCUT2D eigenvalue weighted by Gasteiger charge is 2.28. The van der Waals surface area contributed by atoms with Crippen LogP contribution in [0.15, 0.2) is 0 Å². The van der Waals surface area contributed by atoms with Crippen LogP contribution < -0.4 is 0 Å². The van der Waals surface area contributed by atoms with Crippen molar-refractivity contribution < 1.29 is 9.30 Å². The molecular weight excluding hydrogens is 670 g/mol. The average molecular weight is 793 g/mol. The standard InChI is InChI=1S/C9H20.C8H20Si.C7H17N.C7H17OP.C5H12O.C5H12.6CH4/c2*1-7(2)9(5,6)8(3)4;1-6(2)8(5)7(3)4;1-6(2)9(5,8)7(3)4;1-5(2)4-6-3;1-4-5(2)3;;;;;;/h2*7-8H,1-6H3;6-7H,1-5H3;6-7H,1-5H3;5H,4H2,1-3H3;5H,4H2,1-3H3;6*1H4. The van der Waals surface area contributed by atoms with Gasteiger partial charge in [0, 0.05) is 37.1 Å². The average Bonchev–Trinajstić information content (AvgIpc) is 2.89. The Kier molecular flexibility index (Phi) is 71.9. The Hall–Kier alpha value is 0.367. The molecule has 0 aromatic carbocycles. The van der Waals surface area contributed by atoms with Crippen molar-refractivity contribution in [2.24, 2.45) is 29.1 Å². The van der Waals surface area contributed by atoms with E-state index in [2.05, 4.69) is 157 Å². The summed E-state index contributed by atoms with van der Waals surface area (Å²) in [6.07, 6.45) is 1.31. The Labute approximate surface area is 342 Å². The van der Waals surface area contributed by atoms with Crippen molar-refractivity contribution in [3.05, 3.63) is 0 Å². The van der Waals surface area contributed by atoms with E-state index in [1.807, 2.05) is 34.4 Å². The highest BCUT2D eigenvalue weighted by molar-refractivity contribution is 7.64. The fraction of sp³-hybridized carbons (Fsp3) is 1.00. The van der Waals surface area contributed by atoms with Crippen molar-refractivity contribution in [1.82, 2.24) is 4.90 Å². The van der Waals surface area contributed by atoms with Gasteiger partial charge in [0.2, 0.25) is 0 Å². The van der Waals surface area contributed by atoms with Crippen molar-refractivity contribution in [3.8, 4) is 0 Å². The van der Waals surface area contributed by atoms with Crippen LogP contribution in [0.1, 0.15) is 210 Å². The summed E-state index contributed by atoms with van der Waals surface area (Å²) in [6.45, 7) is 58.8. The summed E-state index contributed by atoms with van der Waals surface area (Å²) >= 11 is 0. The molecule has 0 heterocycles. The molecule has 0 spiro atoms. The number of ether oxygens (including phenoxy) is 1. The first-order valence-corrected chi connectivity index (χ1v) is 24.5. The monoisotopic (exact) mass is 792 g/mol. The smallest absolute Gasteiger partial charge is 0.0895 e. The lowest BCUT2D eigenvalue weighted by Crippen LogP contribution is -2.32. The minimum Gasteiger partial charge on any atom is -0.384 e. The predicted molar refractivity (Wildman–Crippen MR) is 265 cm³/mol. The van der Waals surface area contributed by atoms with Gasteiger partial charge in [0.25, 0.3) is 0 Å². The quantitative estimate of drug-likeness (QED) is 0.154. The van der Waals surface area contributed by atoms with Crippen molar-refractivity contribution in [1.29, 1.82) is 0 Å². The molecule has 0 aliphatic rings. The maximum absolute atomic E-state index is 11.6. The van der Waals surface area contributed by atoms with E-state index in [1.165, 1.54) is 6.42 Å². The molecule has 0 bridgehead atoms. The molecule has 0 saturated heterocycles. The fourth-order valence-electron chi connectivity index (χ4n) is 2.86. The van der Waals surface area contributed by atoms with Gasteiger partial charge in [-0.1, -0.05) is 207 Å². The summed E-state index contributed by atoms with van der Waals surface area (Å²) < 4.78 is 16.4. The summed E-state index contributed by atoms with van der Waals surface area (Å²) in [5.74, 6) is 3.14. The second-order valence-corrected chi connectivity index (χ2v) is 28.1. The van der Waals surface area contributed by atoms with Gasteiger partial charge in [-0.15, -0.1) is 0 Å². The first-order valence-electron chi connectivity index (χ1n) is 19.0. The molecule has 0 fully saturated rings. The summed E-state index contributed by atoms with van der Waals surface area (Å²) in [4.78, 5) is 2.33. The van der Waals surface area contributed by atoms with Crippen LogP contribution in [-0.2, 0) is 9.30 Å². The SMILES string of the molecule is C.C.C.C.C.C.CC(C)C(C)(C)C(C)C.CC(C)N(C)C(C)C.CC(C)P(C)(=O)C(C)C.CC(C)[Si](C)(C)C(C)C.CCC(C)C.COCC(C)C. The van der Waals surface area contributed by atoms with Gasteiger partial charge in [-0.3, -0.25) is 0 Å². The lowest BCUT2D eigenvalue weighted by atomic mass is 9.72. The first kappa shape index (κ1) is 84.8. The van der Waals surface area contributed by atoms with Gasteiger partial charge >= 0.3 is 0 Å². The number of nitrogens with zero attached hydrogens (tertiary/aromatic N) is 1. The highest BCUT2D eigenvalue weighted by atomic mass is 31.2. The van der Waals surface area contributed by atoms with Crippen LogP contribution in [0.25, 0.3) is 0 Å². The molecule has 0 unspecified atom stereocenters. The van der Waals surface area contributed by atoms with E-state index in [4.69, 9.17) is 4.74 Å². The molecule has 0 amide bonds. The molecule has 0 aliphatic heterocycles. The molecule has 336 valence electrons. The molecule has 0 aromatic heterocycles. The third-order valence-electron chi connectivity index (χ3n) is 10.9. The van der Waals surface area contributed by atoms with Gasteiger partial charge in [0.1, 0.15) is 0 Å². The van der Waals surface area contributed by atoms with E-state index in [0.717, 1.165) is 35.4 Å². The Morgan fingerprint density at radius 1 is 0.577 bits per heavy atom. The zero-order valence-electron chi connectivity index (χ0n) is 37.9. The second-order valence-electron chi connectivity index (χ2n) is 18.0. The molecule has 0 rings (SSSR count). The summed E-state index contributed by atoms with van der Waals surface area (Å²) in [5, 5.41) is 0. The van der Waals surface area contributed by atoms with Gasteiger partial charge in [-0.25, -0.2) is 0 Å². The molecule has 52 heavy (non-hydrogen) atoms. The van der Waals surface area contributed by atoms with Crippen LogP contribution in [-0.4, -0.2) is 63.8 Å². The van der Waals surface area contributed by atoms with Crippen LogP contribution in [0.4, 0.5) is 0 Å². The van der Waals surface area contributed by atoms with Gasteiger partial charge in [0.05, 0.1) is 15.2 Å². The molecule has 0 aromatic rings. The van der Waals surface area contributed by atoms with Gasteiger partial charge < -0.3 is 14.2 Å². The lowest BCUT2D eigenvalue weighted by Gasteiger charge is -2.33. The third kappa shape index (κ3) is 50.4. The second kappa shape index (κ2) is 44.1. The van der Waals surface area contributed by atoms with E-state index in [0.29, 0.717) is 34.7 Å². The lowest BCUT2D eigenvalue weighted by molar-refractivity contribution is 0.165. The van der Waals surface area contributed by atoms with Crippen molar-refractivity contribution >= 4 is 15.2 Å². The first-order chi connectivity index (χ1) is 20.3. The van der Waals surface area contributed by atoms with Crippen molar-refractivity contribution in [2.45, 2.75) is 258 Å². The van der Waals surface area contributed by atoms with Crippen molar-refractivity contribution in [3.63, 3.8) is 0 Å². The summed E-state index contributed by atoms with van der Waals surface area (Å²) in [6, 6.07) is 1.35. The maximum Gasteiger partial charge on any atom is 0.0895 e. The molecule has 3 nitrogen and oxygen atoms in total. The van der Waals surface area contributed by atoms with Crippen LogP contribution in [0.2, 0.25) is 24.2 Å². The van der Waals surface area contributed by atoms with Gasteiger partial charge in [-0.2, -0.15) is 0 Å². The molecule has 5 heteroatoms. The van der Waals surface area contributed by atoms with E-state index < -0.39 is 15.2 Å². The zero-order valence-corrected chi connectivity index (χ0v) is 39.8. The molecular formula is C47H122NO2PSi. The van der Waals surface area contributed by atoms with Crippen LogP contribution in [0.5, 0.6) is 0 Å².